The van der Waals surface area contributed by atoms with Crippen molar-refractivity contribution in [2.45, 2.75) is 6.92 Å². The number of fused-ring (bicyclic) bond motifs is 2. The van der Waals surface area contributed by atoms with Crippen molar-refractivity contribution < 1.29 is 14.2 Å². The van der Waals surface area contributed by atoms with Crippen molar-refractivity contribution in [3.8, 4) is 23.0 Å². The van der Waals surface area contributed by atoms with Crippen LogP contribution in [-0.4, -0.2) is 29.2 Å². The van der Waals surface area contributed by atoms with E-state index in [1.165, 1.54) is 0 Å². The molecule has 0 atom stereocenters. The number of rotatable bonds is 4. The third-order valence-electron chi connectivity index (χ3n) is 4.19. The van der Waals surface area contributed by atoms with E-state index in [2.05, 4.69) is 15.0 Å². The average molecular weight is 347 g/mol. The molecule has 0 spiro atoms. The Morgan fingerprint density at radius 2 is 1.62 bits per heavy atom. The molecule has 130 valence electrons. The quantitative estimate of drug-likeness (QED) is 0.548. The summed E-state index contributed by atoms with van der Waals surface area (Å²) in [6, 6.07) is 9.34. The maximum absolute atomic E-state index is 6.18. The predicted octanol–water partition coefficient (Wildman–Crippen LogP) is 4.30. The minimum Gasteiger partial charge on any atom is -0.493 e. The normalized spacial score (nSPS) is 10.9. The van der Waals surface area contributed by atoms with Crippen molar-refractivity contribution >= 4 is 21.8 Å². The van der Waals surface area contributed by atoms with Crippen molar-refractivity contribution in [2.75, 3.05) is 14.2 Å². The molecule has 0 amide bonds. The Labute approximate surface area is 150 Å². The summed E-state index contributed by atoms with van der Waals surface area (Å²) in [6.07, 6.45) is 5.20. The summed E-state index contributed by atoms with van der Waals surface area (Å²) in [7, 11) is 3.20. The van der Waals surface area contributed by atoms with Gasteiger partial charge in [0.1, 0.15) is 11.5 Å². The molecule has 6 nitrogen and oxygen atoms in total. The lowest BCUT2D eigenvalue weighted by Crippen LogP contribution is -1.95. The number of aryl methyl sites for hydroxylation is 1. The summed E-state index contributed by atoms with van der Waals surface area (Å²) in [5, 5.41) is 1.75. The maximum atomic E-state index is 6.18. The van der Waals surface area contributed by atoms with Gasteiger partial charge in [-0.3, -0.25) is 9.97 Å². The molecular weight excluding hydrogens is 330 g/mol. The Kier molecular flexibility index (Phi) is 4.01. The molecule has 26 heavy (non-hydrogen) atoms. The highest BCUT2D eigenvalue weighted by Crippen LogP contribution is 2.37. The molecule has 0 saturated carbocycles. The van der Waals surface area contributed by atoms with Gasteiger partial charge in [0.05, 0.1) is 30.9 Å². The first-order valence-electron chi connectivity index (χ1n) is 8.09. The van der Waals surface area contributed by atoms with Gasteiger partial charge >= 0.3 is 0 Å². The number of aromatic nitrogens is 3. The van der Waals surface area contributed by atoms with Gasteiger partial charge < -0.3 is 14.2 Å². The van der Waals surface area contributed by atoms with E-state index in [1.807, 2.05) is 37.3 Å². The molecule has 4 aromatic rings. The Balaban J connectivity index is 1.83. The van der Waals surface area contributed by atoms with E-state index in [9.17, 15) is 0 Å². The first kappa shape index (κ1) is 16.1. The molecule has 0 radical (unpaired) electrons. The molecule has 0 saturated heterocycles. The number of benzene rings is 1. The molecule has 0 N–H and O–H groups in total. The summed E-state index contributed by atoms with van der Waals surface area (Å²) < 4.78 is 16.9. The largest absolute Gasteiger partial charge is 0.493 e. The van der Waals surface area contributed by atoms with Gasteiger partial charge in [-0.25, -0.2) is 4.98 Å². The van der Waals surface area contributed by atoms with Crippen LogP contribution in [0.15, 0.2) is 48.9 Å². The second kappa shape index (κ2) is 6.48. The van der Waals surface area contributed by atoms with Crippen LogP contribution < -0.4 is 14.2 Å². The zero-order valence-electron chi connectivity index (χ0n) is 14.7. The van der Waals surface area contributed by atoms with Crippen molar-refractivity contribution in [3.63, 3.8) is 0 Å². The van der Waals surface area contributed by atoms with E-state index < -0.39 is 0 Å². The van der Waals surface area contributed by atoms with Gasteiger partial charge in [0, 0.05) is 35.4 Å². The first-order chi connectivity index (χ1) is 12.7. The molecule has 0 aliphatic rings. The predicted molar refractivity (Wildman–Crippen MR) is 99.2 cm³/mol. The lowest BCUT2D eigenvalue weighted by atomic mass is 10.1. The van der Waals surface area contributed by atoms with Crippen molar-refractivity contribution in [2.24, 2.45) is 0 Å². The van der Waals surface area contributed by atoms with Gasteiger partial charge in [-0.2, -0.15) is 0 Å². The first-order valence-corrected chi connectivity index (χ1v) is 8.09. The van der Waals surface area contributed by atoms with Crippen LogP contribution in [0.5, 0.6) is 23.0 Å². The van der Waals surface area contributed by atoms with E-state index in [-0.39, 0.29) is 0 Å². The van der Waals surface area contributed by atoms with Crippen LogP contribution in [0, 0.1) is 6.92 Å². The van der Waals surface area contributed by atoms with E-state index in [0.29, 0.717) is 23.0 Å². The van der Waals surface area contributed by atoms with Gasteiger partial charge in [0.25, 0.3) is 0 Å². The zero-order valence-corrected chi connectivity index (χ0v) is 14.7. The van der Waals surface area contributed by atoms with Gasteiger partial charge in [-0.05, 0) is 31.2 Å². The van der Waals surface area contributed by atoms with Crippen LogP contribution in [0.2, 0.25) is 0 Å². The summed E-state index contributed by atoms with van der Waals surface area (Å²) >= 11 is 0. The smallest absolute Gasteiger partial charge is 0.162 e. The van der Waals surface area contributed by atoms with Gasteiger partial charge in [0.15, 0.2) is 11.5 Å². The highest BCUT2D eigenvalue weighted by Gasteiger charge is 2.13. The highest BCUT2D eigenvalue weighted by atomic mass is 16.5. The Morgan fingerprint density at radius 3 is 2.42 bits per heavy atom. The number of nitrogens with zero attached hydrogens (tertiary/aromatic N) is 3. The zero-order chi connectivity index (χ0) is 18.1. The van der Waals surface area contributed by atoms with Crippen molar-refractivity contribution in [1.29, 1.82) is 0 Å². The molecule has 3 heterocycles. The molecule has 0 fully saturated rings. The third kappa shape index (κ3) is 2.75. The standard InChI is InChI=1S/C20H17N3O3/c1-12-18(8-13-11-21-6-4-15(13)23-12)26-17-5-7-22-16-10-20(25-3)19(24-2)9-14(16)17/h4-11H,1-3H3. The van der Waals surface area contributed by atoms with E-state index in [4.69, 9.17) is 14.2 Å². The number of methoxy groups -OCH3 is 2. The van der Waals surface area contributed by atoms with Crippen molar-refractivity contribution in [1.82, 2.24) is 15.0 Å². The number of pyridine rings is 3. The van der Waals surface area contributed by atoms with Crippen LogP contribution in [0.4, 0.5) is 0 Å². The fourth-order valence-electron chi connectivity index (χ4n) is 2.85. The lowest BCUT2D eigenvalue weighted by Gasteiger charge is -2.13. The van der Waals surface area contributed by atoms with Crippen molar-refractivity contribution in [3.05, 3.63) is 54.6 Å². The number of hydrogen-bond acceptors (Lipinski definition) is 6. The molecule has 0 unspecified atom stereocenters. The Hall–Kier alpha value is -3.41. The maximum Gasteiger partial charge on any atom is 0.162 e. The molecule has 0 bridgehead atoms. The van der Waals surface area contributed by atoms with E-state index in [0.717, 1.165) is 27.5 Å². The third-order valence-corrected chi connectivity index (χ3v) is 4.19. The molecule has 3 aromatic heterocycles. The second-order valence-corrected chi connectivity index (χ2v) is 5.78. The van der Waals surface area contributed by atoms with Crippen LogP contribution in [-0.2, 0) is 0 Å². The van der Waals surface area contributed by atoms with E-state index in [1.54, 1.807) is 32.8 Å². The van der Waals surface area contributed by atoms with Crippen LogP contribution in [0.1, 0.15) is 5.69 Å². The summed E-state index contributed by atoms with van der Waals surface area (Å²) in [6.45, 7) is 1.92. The lowest BCUT2D eigenvalue weighted by molar-refractivity contribution is 0.355. The summed E-state index contributed by atoms with van der Waals surface area (Å²) in [5.41, 5.74) is 2.44. The van der Waals surface area contributed by atoms with Gasteiger partial charge in [0.2, 0.25) is 0 Å². The van der Waals surface area contributed by atoms with Gasteiger partial charge in [-0.1, -0.05) is 0 Å². The fraction of sp³-hybridized carbons (Fsp3) is 0.150. The monoisotopic (exact) mass is 347 g/mol. The summed E-state index contributed by atoms with van der Waals surface area (Å²) in [4.78, 5) is 13.1. The van der Waals surface area contributed by atoms with Crippen LogP contribution in [0.3, 0.4) is 0 Å². The molecule has 0 aliphatic carbocycles. The second-order valence-electron chi connectivity index (χ2n) is 5.78. The minimum atomic E-state index is 0.621. The molecular formula is C20H17N3O3. The molecule has 0 aliphatic heterocycles. The average Bonchev–Trinajstić information content (AvgIpc) is 2.67. The Morgan fingerprint density at radius 1 is 0.808 bits per heavy atom. The summed E-state index contributed by atoms with van der Waals surface area (Å²) in [5.74, 6) is 2.59. The van der Waals surface area contributed by atoms with E-state index >= 15 is 0 Å². The van der Waals surface area contributed by atoms with Crippen LogP contribution in [0.25, 0.3) is 21.8 Å². The molecule has 6 heteroatoms. The SMILES string of the molecule is COc1cc2nccc(Oc3cc4cnccc4nc3C)c2cc1OC. The topological polar surface area (TPSA) is 66.4 Å². The number of ether oxygens (including phenoxy) is 3. The molecule has 1 aromatic carbocycles. The fourth-order valence-corrected chi connectivity index (χ4v) is 2.85. The van der Waals surface area contributed by atoms with Crippen LogP contribution >= 0.6 is 0 Å². The highest BCUT2D eigenvalue weighted by molar-refractivity contribution is 5.88. The minimum absolute atomic E-state index is 0.621. The number of hydrogen-bond donors (Lipinski definition) is 0. The Bertz CT molecular complexity index is 1110. The molecule has 4 rings (SSSR count). The van der Waals surface area contributed by atoms with Gasteiger partial charge in [-0.15, -0.1) is 0 Å².